The molecule has 13 heterocycles. The van der Waals surface area contributed by atoms with Crippen LogP contribution in [0.1, 0.15) is 128 Å². The van der Waals surface area contributed by atoms with E-state index in [0.717, 1.165) is 115 Å². The van der Waals surface area contributed by atoms with E-state index in [1.54, 1.807) is 146 Å². The molecular formula is C106H91Cl2F13N16O7. The summed E-state index contributed by atoms with van der Waals surface area (Å²) in [4.78, 5) is 91.2. The molecule has 7 aromatic carbocycles. The Morgan fingerprint density at radius 1 is 0.354 bits per heavy atom. The van der Waals surface area contributed by atoms with Crippen molar-refractivity contribution in [2.45, 2.75) is 62.6 Å². The zero-order valence-corrected chi connectivity index (χ0v) is 78.2. The molecule has 0 saturated carbocycles. The van der Waals surface area contributed by atoms with Gasteiger partial charge in [0, 0.05) is 159 Å². The van der Waals surface area contributed by atoms with Gasteiger partial charge in [-0.2, -0.15) is 52.7 Å². The van der Waals surface area contributed by atoms with Crippen LogP contribution in [0.15, 0.2) is 292 Å². The molecule has 3 saturated heterocycles. The van der Waals surface area contributed by atoms with Crippen molar-refractivity contribution in [3.63, 3.8) is 0 Å². The number of halogens is 15. The average molecular weight is 2020 g/mol. The van der Waals surface area contributed by atoms with Crippen molar-refractivity contribution in [1.29, 1.82) is 0 Å². The third kappa shape index (κ3) is 23.7. The number of aromatic amines is 5. The van der Waals surface area contributed by atoms with Crippen LogP contribution in [0.3, 0.4) is 0 Å². The first-order chi connectivity index (χ1) is 68.6. The quantitative estimate of drug-likeness (QED) is 0.0409. The second kappa shape index (κ2) is 42.6. The van der Waals surface area contributed by atoms with Gasteiger partial charge in [-0.15, -0.1) is 0 Å². The van der Waals surface area contributed by atoms with E-state index in [1.165, 1.54) is 60.7 Å². The molecule has 9 N–H and O–H groups in total. The number of rotatable bonds is 16. The highest BCUT2D eigenvalue weighted by Gasteiger charge is 2.38. The highest BCUT2D eigenvalue weighted by molar-refractivity contribution is 6.31. The van der Waals surface area contributed by atoms with E-state index in [2.05, 4.69) is 84.0 Å². The van der Waals surface area contributed by atoms with Crippen LogP contribution in [-0.4, -0.2) is 136 Å². The second-order valence-electron chi connectivity index (χ2n) is 34.1. The summed E-state index contributed by atoms with van der Waals surface area (Å²) in [6.45, 7) is 25.2. The number of alkyl halides is 12. The van der Waals surface area contributed by atoms with Gasteiger partial charge in [-0.05, 0) is 282 Å². The number of aromatic nitrogens is 5. The van der Waals surface area contributed by atoms with Gasteiger partial charge < -0.3 is 65.5 Å². The van der Waals surface area contributed by atoms with Crippen molar-refractivity contribution < 1.29 is 90.5 Å². The fourth-order valence-corrected chi connectivity index (χ4v) is 17.1. The first-order valence-corrected chi connectivity index (χ1v) is 45.7. The maximum Gasteiger partial charge on any atom is 0.416 e. The zero-order valence-electron chi connectivity index (χ0n) is 76.7. The maximum atomic E-state index is 13.3. The van der Waals surface area contributed by atoms with Gasteiger partial charge in [-0.1, -0.05) is 68.2 Å². The molecule has 12 aromatic rings. The second-order valence-corrected chi connectivity index (χ2v) is 35.0. The Kier molecular flexibility index (Phi) is 29.9. The molecule has 3 fully saturated rings. The zero-order chi connectivity index (χ0) is 102. The van der Waals surface area contributed by atoms with E-state index >= 15 is 0 Å². The molecule has 5 aromatic heterocycles. The van der Waals surface area contributed by atoms with Gasteiger partial charge in [-0.25, -0.2) is 4.39 Å². The molecule has 0 radical (unpaired) electrons. The van der Waals surface area contributed by atoms with Crippen LogP contribution >= 0.6 is 23.2 Å². The molecule has 742 valence electrons. The lowest BCUT2D eigenvalue weighted by atomic mass is 10.1. The standard InChI is InChI=1S/C22H15ClF3N3O.C21H15ClFN3O.C21H21F3N4O.2C21H20F3N3O2/c1-13-5-6-14-11-19(21(30)27-17-4-2-3-16(23)12-17)28-20(14)29(13)18-9-7-15(8-10-18)22(24,25)26;1-13-5-6-14-11-19(21(27)24-17-4-2-3-15(22)12-17)25-20(14)26(13)18-9-7-16(23)8-10-18;1-14-3-4-15-13-18(20(29)27-11-9-26(2)10-12-27)25-19(15)28(14)17-7-5-16(6-8-17)21(22,23)24;2*1-13-4-5-14-11-18(20(28)25-12-17-3-2-10-29-17)26-19(14)27(13)16-8-6-15(7-9-16)21(22,23)24/h2-12,28H,1H2,(H,27,30);2-12,25H,1H2,(H,24,27);3-8,13,25H,1,9-12H2,2H3;2*4-9,11,17,26H,1-3,10,12H2,(H,25,28). The minimum atomic E-state index is -4.42. The Morgan fingerprint density at radius 3 is 0.882 bits per heavy atom. The summed E-state index contributed by atoms with van der Waals surface area (Å²) < 4.78 is 179. The Balaban J connectivity index is 0.000000129. The van der Waals surface area contributed by atoms with Crippen LogP contribution in [0.5, 0.6) is 0 Å². The molecular weight excluding hydrogens is 1930 g/mol. The van der Waals surface area contributed by atoms with E-state index in [0.29, 0.717) is 169 Å². The molecule has 0 spiro atoms. The highest BCUT2D eigenvalue weighted by Crippen LogP contribution is 2.46. The lowest BCUT2D eigenvalue weighted by molar-refractivity contribution is -0.138. The summed E-state index contributed by atoms with van der Waals surface area (Å²) in [6, 6.07) is 47.7. The number of hydrogen-bond acceptors (Lipinski definition) is 13. The number of hydrogen-bond donors (Lipinski definition) is 9. The molecule has 0 bridgehead atoms. The molecule has 8 aliphatic heterocycles. The van der Waals surface area contributed by atoms with Gasteiger partial charge in [0.15, 0.2) is 0 Å². The minimum absolute atomic E-state index is 0.0341. The Bertz CT molecular complexity index is 6890. The number of benzene rings is 7. The number of nitrogens with one attached hydrogen (secondary N) is 9. The molecule has 8 aliphatic rings. The van der Waals surface area contributed by atoms with Crippen LogP contribution in [0.2, 0.25) is 10.0 Å². The number of fused-ring (bicyclic) bond motifs is 5. The maximum absolute atomic E-state index is 13.3. The van der Waals surface area contributed by atoms with Gasteiger partial charge in [0.1, 0.15) is 63.4 Å². The summed E-state index contributed by atoms with van der Waals surface area (Å²) >= 11 is 11.9. The van der Waals surface area contributed by atoms with Crippen LogP contribution in [0.25, 0.3) is 30.4 Å². The number of piperazine rings is 1. The minimum Gasteiger partial charge on any atom is -0.376 e. The van der Waals surface area contributed by atoms with E-state index in [1.807, 2.05) is 42.3 Å². The summed E-state index contributed by atoms with van der Waals surface area (Å²) in [5, 5.41) is 12.3. The first-order valence-electron chi connectivity index (χ1n) is 45.0. The molecule has 2 atom stereocenters. The fraction of sp³-hybridized carbons (Fsp3) is 0.179. The SMILES string of the molecule is C=C1C=Cc2cc(C(=O)N3CCN(C)CC3)[nH]c2N1c1ccc(C(F)(F)F)cc1.C=C1C=Cc2cc(C(=O)NCC3CCCO3)[nH]c2N1c1ccc(C(F)(F)F)cc1.C=C1C=Cc2cc(C(=O)NCC3CCCO3)[nH]c2N1c1ccc(C(F)(F)F)cc1.C=C1C=Cc2cc(C(=O)Nc3cccc(Cl)c3)[nH]c2N1c1ccc(C(F)(F)F)cc1.C=C1C=Cc2cc(C(=O)Nc3cccc(Cl)c3)[nH]c2N1c1ccc(F)cc1. The molecule has 2 unspecified atom stereocenters. The highest BCUT2D eigenvalue weighted by atomic mass is 35.5. The Labute approximate surface area is 827 Å². The number of anilines is 12. The van der Waals surface area contributed by atoms with Crippen LogP contribution in [-0.2, 0) is 34.2 Å². The summed E-state index contributed by atoms with van der Waals surface area (Å²) in [5.74, 6) is 1.44. The molecule has 23 nitrogen and oxygen atoms in total. The Morgan fingerprint density at radius 2 is 0.618 bits per heavy atom. The lowest BCUT2D eigenvalue weighted by Gasteiger charge is -2.32. The van der Waals surface area contributed by atoms with Gasteiger partial charge in [-0.3, -0.25) is 48.5 Å². The normalized spacial score (nSPS) is 16.3. The predicted molar refractivity (Wildman–Crippen MR) is 533 cm³/mol. The third-order valence-electron chi connectivity index (χ3n) is 24.1. The van der Waals surface area contributed by atoms with E-state index in [9.17, 15) is 81.0 Å². The van der Waals surface area contributed by atoms with Gasteiger partial charge >= 0.3 is 24.7 Å². The monoisotopic (exact) mass is 2020 g/mol. The number of amides is 5. The van der Waals surface area contributed by atoms with Crippen molar-refractivity contribution >= 4 is 152 Å². The number of H-pyrrole nitrogens is 5. The molecule has 144 heavy (non-hydrogen) atoms. The number of ether oxygens (including phenoxy) is 2. The summed E-state index contributed by atoms with van der Waals surface area (Å²) in [6.07, 6.45) is 4.27. The van der Waals surface area contributed by atoms with E-state index in [-0.39, 0.29) is 53.3 Å². The van der Waals surface area contributed by atoms with Gasteiger partial charge in [0.25, 0.3) is 29.5 Å². The number of nitrogens with zero attached hydrogens (tertiary/aromatic N) is 7. The number of carbonyl (C=O) groups excluding carboxylic acids is 5. The smallest absolute Gasteiger partial charge is 0.376 e. The van der Waals surface area contributed by atoms with E-state index in [4.69, 9.17) is 32.7 Å². The molecule has 20 rings (SSSR count). The lowest BCUT2D eigenvalue weighted by Crippen LogP contribution is -2.47. The third-order valence-corrected chi connectivity index (χ3v) is 24.5. The molecule has 38 heteroatoms. The molecule has 5 amide bonds. The Hall–Kier alpha value is -15.8. The van der Waals surface area contributed by atoms with Crippen LogP contribution in [0, 0.1) is 5.82 Å². The van der Waals surface area contributed by atoms with Gasteiger partial charge in [0.05, 0.1) is 34.5 Å². The van der Waals surface area contributed by atoms with Crippen molar-refractivity contribution in [3.05, 3.63) is 386 Å². The number of carbonyl (C=O) groups is 5. The summed E-state index contributed by atoms with van der Waals surface area (Å²) in [5.41, 5.74) is 9.75. The largest absolute Gasteiger partial charge is 0.416 e. The van der Waals surface area contributed by atoms with Crippen LogP contribution in [0.4, 0.5) is 126 Å². The van der Waals surface area contributed by atoms with Crippen LogP contribution < -0.4 is 45.8 Å². The van der Waals surface area contributed by atoms with Crippen molar-refractivity contribution in [1.82, 2.24) is 45.4 Å². The number of likely N-dealkylation sites (N-methyl/N-ethyl adjacent to an activating group) is 1. The van der Waals surface area contributed by atoms with E-state index < -0.39 is 47.0 Å². The topological polar surface area (TPSA) is 254 Å². The van der Waals surface area contributed by atoms with Gasteiger partial charge in [0.2, 0.25) is 0 Å². The van der Waals surface area contributed by atoms with Crippen molar-refractivity contribution in [2.24, 2.45) is 0 Å². The number of allylic oxidation sites excluding steroid dienone is 5. The van der Waals surface area contributed by atoms with Crippen molar-refractivity contribution in [3.8, 4) is 0 Å². The van der Waals surface area contributed by atoms with Crippen molar-refractivity contribution in [2.75, 3.05) is 94.7 Å². The fourth-order valence-electron chi connectivity index (χ4n) is 16.7. The predicted octanol–water partition coefficient (Wildman–Crippen LogP) is 25.7. The molecule has 0 aliphatic carbocycles. The summed E-state index contributed by atoms with van der Waals surface area (Å²) in [7, 11) is 2.02. The average Bonchev–Trinajstić information content (AvgIpc) is 1.63. The first kappa shape index (κ1) is 101.